The maximum absolute atomic E-state index is 12.2. The standard InChI is InChI=1S/C16H20N3O2/c1-12(16(20)18-19-6-8-21-9-7-19)10-13-11-17-15-5-3-2-4-14(13)15/h2-5,11,17H,6-10H2,1H3,(H,18,20). The third kappa shape index (κ3) is 3.25. The zero-order chi connectivity index (χ0) is 14.7. The molecule has 111 valence electrons. The largest absolute Gasteiger partial charge is 0.379 e. The summed E-state index contributed by atoms with van der Waals surface area (Å²) in [6.45, 7) is 4.71. The van der Waals surface area contributed by atoms with E-state index in [1.54, 1.807) is 0 Å². The molecule has 1 aromatic carbocycles. The van der Waals surface area contributed by atoms with Gasteiger partial charge >= 0.3 is 0 Å². The SMILES string of the molecule is C[C](Cc1c[nH]c2ccccc12)C(=O)NN1CCOCC1. The van der Waals surface area contributed by atoms with Crippen LogP contribution in [0.5, 0.6) is 0 Å². The van der Waals surface area contributed by atoms with Gasteiger partial charge in [0.25, 0.3) is 0 Å². The summed E-state index contributed by atoms with van der Waals surface area (Å²) in [5, 5.41) is 3.10. The van der Waals surface area contributed by atoms with Crippen molar-refractivity contribution in [2.24, 2.45) is 0 Å². The predicted octanol–water partition coefficient (Wildman–Crippen LogP) is 1.67. The first-order chi connectivity index (χ1) is 10.2. The number of ether oxygens (including phenoxy) is 1. The Labute approximate surface area is 124 Å². The topological polar surface area (TPSA) is 57.4 Å². The van der Waals surface area contributed by atoms with Gasteiger partial charge in [0.05, 0.1) is 19.1 Å². The Morgan fingerprint density at radius 3 is 2.90 bits per heavy atom. The first-order valence-corrected chi connectivity index (χ1v) is 7.25. The maximum atomic E-state index is 12.2. The number of hydrogen-bond donors (Lipinski definition) is 2. The number of carbonyl (C=O) groups excluding carboxylic acids is 1. The summed E-state index contributed by atoms with van der Waals surface area (Å²) in [7, 11) is 0. The number of carbonyl (C=O) groups is 1. The van der Waals surface area contributed by atoms with Crippen molar-refractivity contribution in [1.29, 1.82) is 0 Å². The second kappa shape index (κ2) is 6.28. The monoisotopic (exact) mass is 286 g/mol. The highest BCUT2D eigenvalue weighted by Gasteiger charge is 2.20. The molecule has 2 heterocycles. The Morgan fingerprint density at radius 1 is 1.33 bits per heavy atom. The van der Waals surface area contributed by atoms with E-state index in [0.717, 1.165) is 30.1 Å². The number of H-pyrrole nitrogens is 1. The van der Waals surface area contributed by atoms with Gasteiger partial charge in [-0.2, -0.15) is 0 Å². The van der Waals surface area contributed by atoms with Gasteiger partial charge in [-0.25, -0.2) is 5.01 Å². The molecule has 0 aliphatic carbocycles. The zero-order valence-electron chi connectivity index (χ0n) is 12.2. The number of rotatable bonds is 4. The number of nitrogens with one attached hydrogen (secondary N) is 2. The summed E-state index contributed by atoms with van der Waals surface area (Å²) in [5.74, 6) is 0.799. The Morgan fingerprint density at radius 2 is 2.10 bits per heavy atom. The number of hydrogen-bond acceptors (Lipinski definition) is 3. The second-order valence-electron chi connectivity index (χ2n) is 5.36. The first kappa shape index (κ1) is 14.1. The fraction of sp³-hybridized carbons (Fsp3) is 0.375. The van der Waals surface area contributed by atoms with Crippen LogP contribution in [0, 0.1) is 5.92 Å². The second-order valence-corrected chi connectivity index (χ2v) is 5.36. The minimum Gasteiger partial charge on any atom is -0.379 e. The molecule has 0 spiro atoms. The number of morpholine rings is 1. The van der Waals surface area contributed by atoms with Gasteiger partial charge in [-0.3, -0.25) is 10.2 Å². The number of nitrogens with zero attached hydrogens (tertiary/aromatic N) is 1. The van der Waals surface area contributed by atoms with Crippen molar-refractivity contribution in [3.8, 4) is 0 Å². The first-order valence-electron chi connectivity index (χ1n) is 7.25. The number of amides is 1. The molecule has 1 radical (unpaired) electrons. The summed E-state index contributed by atoms with van der Waals surface area (Å²) in [6.07, 6.45) is 2.64. The fourth-order valence-electron chi connectivity index (χ4n) is 2.56. The molecule has 5 heteroatoms. The summed E-state index contributed by atoms with van der Waals surface area (Å²) >= 11 is 0. The minimum absolute atomic E-state index is 0.0119. The Balaban J connectivity index is 1.62. The van der Waals surface area contributed by atoms with Crippen molar-refractivity contribution >= 4 is 16.8 Å². The lowest BCUT2D eigenvalue weighted by Crippen LogP contribution is -2.49. The van der Waals surface area contributed by atoms with Crippen molar-refractivity contribution in [1.82, 2.24) is 15.4 Å². The van der Waals surface area contributed by atoms with Gasteiger partial charge in [0, 0.05) is 30.2 Å². The number of aromatic nitrogens is 1. The molecule has 1 fully saturated rings. The van der Waals surface area contributed by atoms with Crippen LogP contribution in [0.25, 0.3) is 10.9 Å². The molecule has 1 amide bonds. The average Bonchev–Trinajstić information content (AvgIpc) is 2.91. The molecule has 1 aromatic heterocycles. The lowest BCUT2D eigenvalue weighted by atomic mass is 10.00. The Hall–Kier alpha value is -1.85. The third-order valence-corrected chi connectivity index (χ3v) is 3.79. The van der Waals surface area contributed by atoms with E-state index >= 15 is 0 Å². The average molecular weight is 286 g/mol. The zero-order valence-corrected chi connectivity index (χ0v) is 12.2. The highest BCUT2D eigenvalue weighted by molar-refractivity contribution is 5.91. The molecule has 3 rings (SSSR count). The van der Waals surface area contributed by atoms with Gasteiger partial charge in [0.2, 0.25) is 5.91 Å². The van der Waals surface area contributed by atoms with E-state index in [1.807, 2.05) is 36.3 Å². The molecule has 1 aliphatic heterocycles. The Bertz CT molecular complexity index is 617. The van der Waals surface area contributed by atoms with Gasteiger partial charge in [0.1, 0.15) is 0 Å². The van der Waals surface area contributed by atoms with Crippen LogP contribution in [0.15, 0.2) is 30.5 Å². The number of fused-ring (bicyclic) bond motifs is 1. The molecule has 2 aromatic rings. The molecule has 1 aliphatic rings. The molecule has 21 heavy (non-hydrogen) atoms. The molecule has 0 saturated carbocycles. The van der Waals surface area contributed by atoms with Crippen molar-refractivity contribution < 1.29 is 9.53 Å². The normalized spacial score (nSPS) is 16.5. The van der Waals surface area contributed by atoms with E-state index in [0.29, 0.717) is 19.6 Å². The lowest BCUT2D eigenvalue weighted by molar-refractivity contribution is -0.126. The van der Waals surface area contributed by atoms with Crippen molar-refractivity contribution in [2.45, 2.75) is 13.3 Å². The third-order valence-electron chi connectivity index (χ3n) is 3.79. The van der Waals surface area contributed by atoms with Crippen LogP contribution in [-0.2, 0) is 16.0 Å². The van der Waals surface area contributed by atoms with Crippen LogP contribution < -0.4 is 5.43 Å². The predicted molar refractivity (Wildman–Crippen MR) is 81.5 cm³/mol. The molecule has 1 saturated heterocycles. The van der Waals surface area contributed by atoms with Gasteiger partial charge in [-0.15, -0.1) is 0 Å². The van der Waals surface area contributed by atoms with E-state index < -0.39 is 0 Å². The molecule has 5 nitrogen and oxygen atoms in total. The summed E-state index contributed by atoms with van der Waals surface area (Å²) < 4.78 is 5.27. The van der Waals surface area contributed by atoms with Gasteiger partial charge < -0.3 is 9.72 Å². The Kier molecular flexibility index (Phi) is 4.22. The highest BCUT2D eigenvalue weighted by Crippen LogP contribution is 2.21. The van der Waals surface area contributed by atoms with Crippen LogP contribution in [0.1, 0.15) is 12.5 Å². The molecule has 0 atom stereocenters. The minimum atomic E-state index is -0.0119. The number of aromatic amines is 1. The fourth-order valence-corrected chi connectivity index (χ4v) is 2.56. The van der Waals surface area contributed by atoms with E-state index in [1.165, 1.54) is 5.39 Å². The smallest absolute Gasteiger partial charge is 0.241 e. The van der Waals surface area contributed by atoms with Gasteiger partial charge in [-0.1, -0.05) is 18.2 Å². The van der Waals surface area contributed by atoms with Crippen molar-refractivity contribution in [2.75, 3.05) is 26.3 Å². The molecule has 0 bridgehead atoms. The van der Waals surface area contributed by atoms with E-state index in [-0.39, 0.29) is 5.91 Å². The molecular weight excluding hydrogens is 266 g/mol. The number of para-hydroxylation sites is 1. The number of hydrazine groups is 1. The molecule has 2 N–H and O–H groups in total. The molecule has 0 unspecified atom stereocenters. The van der Waals surface area contributed by atoms with Gasteiger partial charge in [-0.05, 0) is 25.0 Å². The van der Waals surface area contributed by atoms with Crippen molar-refractivity contribution in [3.63, 3.8) is 0 Å². The summed E-state index contributed by atoms with van der Waals surface area (Å²) in [5.41, 5.74) is 5.20. The maximum Gasteiger partial charge on any atom is 0.241 e. The van der Waals surface area contributed by atoms with Crippen LogP contribution in [0.2, 0.25) is 0 Å². The van der Waals surface area contributed by atoms with E-state index in [4.69, 9.17) is 4.74 Å². The van der Waals surface area contributed by atoms with Crippen molar-refractivity contribution in [3.05, 3.63) is 41.9 Å². The summed E-state index contributed by atoms with van der Waals surface area (Å²) in [4.78, 5) is 15.5. The highest BCUT2D eigenvalue weighted by atomic mass is 16.5. The van der Waals surface area contributed by atoms with Crippen LogP contribution >= 0.6 is 0 Å². The van der Waals surface area contributed by atoms with E-state index in [9.17, 15) is 4.79 Å². The molecular formula is C16H20N3O2. The van der Waals surface area contributed by atoms with Gasteiger partial charge in [0.15, 0.2) is 0 Å². The van der Waals surface area contributed by atoms with E-state index in [2.05, 4.69) is 16.5 Å². The lowest BCUT2D eigenvalue weighted by Gasteiger charge is -2.28. The van der Waals surface area contributed by atoms with Crippen LogP contribution in [0.4, 0.5) is 0 Å². The van der Waals surface area contributed by atoms with Crippen LogP contribution in [0.3, 0.4) is 0 Å². The summed E-state index contributed by atoms with van der Waals surface area (Å²) in [6, 6.07) is 8.14. The quantitative estimate of drug-likeness (QED) is 0.899. The number of benzene rings is 1. The van der Waals surface area contributed by atoms with Crippen LogP contribution in [-0.4, -0.2) is 42.2 Å².